The largest absolute Gasteiger partial charge is 0.464 e. The fourth-order valence-electron chi connectivity index (χ4n) is 2.59. The van der Waals surface area contributed by atoms with Crippen molar-refractivity contribution in [2.24, 2.45) is 4.99 Å². The Balaban J connectivity index is 2.14. The zero-order chi connectivity index (χ0) is 18.7. The number of amides is 1. The van der Waals surface area contributed by atoms with E-state index in [4.69, 9.17) is 16.3 Å². The number of aromatic nitrogens is 1. The zero-order valence-electron chi connectivity index (χ0n) is 14.3. The Kier molecular flexibility index (Phi) is 5.54. The first-order valence-electron chi connectivity index (χ1n) is 8.12. The fraction of sp³-hybridized carbons (Fsp3) is 0.211. The number of thiazole rings is 1. The highest BCUT2D eigenvalue weighted by molar-refractivity contribution is 7.16. The van der Waals surface area contributed by atoms with Gasteiger partial charge in [0.15, 0.2) is 4.80 Å². The maximum Gasteiger partial charge on any atom is 0.328 e. The second-order valence-electron chi connectivity index (χ2n) is 5.58. The number of fused-ring (bicyclic) bond motifs is 1. The van der Waals surface area contributed by atoms with E-state index in [0.717, 1.165) is 10.2 Å². The smallest absolute Gasteiger partial charge is 0.328 e. The van der Waals surface area contributed by atoms with Crippen LogP contribution in [0.15, 0.2) is 53.5 Å². The van der Waals surface area contributed by atoms with Crippen molar-refractivity contribution < 1.29 is 14.3 Å². The van der Waals surface area contributed by atoms with Gasteiger partial charge in [-0.05, 0) is 44.2 Å². The van der Waals surface area contributed by atoms with Gasteiger partial charge >= 0.3 is 5.97 Å². The zero-order valence-corrected chi connectivity index (χ0v) is 15.9. The van der Waals surface area contributed by atoms with Crippen LogP contribution in [0.2, 0.25) is 5.02 Å². The second kappa shape index (κ2) is 7.85. The highest BCUT2D eigenvalue weighted by Gasteiger charge is 2.21. The van der Waals surface area contributed by atoms with E-state index in [2.05, 4.69) is 4.99 Å². The molecule has 3 aromatic rings. The summed E-state index contributed by atoms with van der Waals surface area (Å²) in [5.41, 5.74) is 1.22. The van der Waals surface area contributed by atoms with Crippen LogP contribution in [0.4, 0.5) is 0 Å². The van der Waals surface area contributed by atoms with Crippen molar-refractivity contribution in [1.29, 1.82) is 0 Å². The highest BCUT2D eigenvalue weighted by Crippen LogP contribution is 2.21. The summed E-state index contributed by atoms with van der Waals surface area (Å²) in [7, 11) is 0. The normalized spacial score (nSPS) is 13.0. The fourth-order valence-corrected chi connectivity index (χ4v) is 3.87. The molecule has 3 rings (SSSR count). The summed E-state index contributed by atoms with van der Waals surface area (Å²) in [5, 5.41) is 0.468. The standard InChI is InChI=1S/C19H17ClN2O3S/c1-3-25-18(24)12(2)22-15-9-4-5-10-16(15)26-19(22)21-17(23)13-7-6-8-14(20)11-13/h4-12H,3H2,1-2H3. The summed E-state index contributed by atoms with van der Waals surface area (Å²) in [4.78, 5) is 29.5. The van der Waals surface area contributed by atoms with Crippen molar-refractivity contribution in [2.45, 2.75) is 19.9 Å². The molecule has 1 heterocycles. The van der Waals surface area contributed by atoms with E-state index >= 15 is 0 Å². The lowest BCUT2D eigenvalue weighted by Gasteiger charge is -2.13. The minimum Gasteiger partial charge on any atom is -0.464 e. The van der Waals surface area contributed by atoms with Gasteiger partial charge in [0.2, 0.25) is 0 Å². The van der Waals surface area contributed by atoms with Gasteiger partial charge in [-0.25, -0.2) is 4.79 Å². The van der Waals surface area contributed by atoms with Crippen LogP contribution in [0.5, 0.6) is 0 Å². The van der Waals surface area contributed by atoms with Gasteiger partial charge in [-0.3, -0.25) is 4.79 Å². The van der Waals surface area contributed by atoms with Crippen molar-refractivity contribution in [3.05, 3.63) is 63.9 Å². The van der Waals surface area contributed by atoms with E-state index in [1.807, 2.05) is 24.3 Å². The first-order chi connectivity index (χ1) is 12.5. The quantitative estimate of drug-likeness (QED) is 0.628. The molecule has 0 saturated carbocycles. The molecular formula is C19H17ClN2O3S. The van der Waals surface area contributed by atoms with Crippen LogP contribution in [0.25, 0.3) is 10.2 Å². The predicted molar refractivity (Wildman–Crippen MR) is 103 cm³/mol. The summed E-state index contributed by atoms with van der Waals surface area (Å²) in [6, 6.07) is 13.6. The summed E-state index contributed by atoms with van der Waals surface area (Å²) in [6.07, 6.45) is 0. The molecule has 0 radical (unpaired) electrons. The number of ether oxygens (including phenoxy) is 1. The van der Waals surface area contributed by atoms with Crippen LogP contribution in [0.3, 0.4) is 0 Å². The van der Waals surface area contributed by atoms with Crippen molar-refractivity contribution in [3.63, 3.8) is 0 Å². The van der Waals surface area contributed by atoms with Gasteiger partial charge in [-0.2, -0.15) is 4.99 Å². The van der Waals surface area contributed by atoms with Gasteiger partial charge in [-0.15, -0.1) is 0 Å². The molecule has 7 heteroatoms. The molecule has 2 aromatic carbocycles. The number of halogens is 1. The highest BCUT2D eigenvalue weighted by atomic mass is 35.5. The van der Waals surface area contributed by atoms with Crippen LogP contribution in [0.1, 0.15) is 30.2 Å². The van der Waals surface area contributed by atoms with E-state index in [9.17, 15) is 9.59 Å². The Morgan fingerprint density at radius 2 is 2.00 bits per heavy atom. The number of carbonyl (C=O) groups is 2. The molecule has 0 aliphatic heterocycles. The molecule has 26 heavy (non-hydrogen) atoms. The van der Waals surface area contributed by atoms with Crippen molar-refractivity contribution >= 4 is 45.0 Å². The first-order valence-corrected chi connectivity index (χ1v) is 9.32. The van der Waals surface area contributed by atoms with Crippen LogP contribution in [-0.2, 0) is 9.53 Å². The summed E-state index contributed by atoms with van der Waals surface area (Å²) < 4.78 is 7.81. The summed E-state index contributed by atoms with van der Waals surface area (Å²) in [6.45, 7) is 3.79. The van der Waals surface area contributed by atoms with Gasteiger partial charge in [-0.1, -0.05) is 41.1 Å². The van der Waals surface area contributed by atoms with Crippen LogP contribution < -0.4 is 4.80 Å². The van der Waals surface area contributed by atoms with Crippen molar-refractivity contribution in [1.82, 2.24) is 4.57 Å². The van der Waals surface area contributed by atoms with E-state index < -0.39 is 11.9 Å². The van der Waals surface area contributed by atoms with Crippen LogP contribution in [0, 0.1) is 0 Å². The van der Waals surface area contributed by atoms with Gasteiger partial charge in [0.25, 0.3) is 5.91 Å². The molecule has 0 fully saturated rings. The maximum absolute atomic E-state index is 12.6. The van der Waals surface area contributed by atoms with Gasteiger partial charge in [0, 0.05) is 10.6 Å². The lowest BCUT2D eigenvalue weighted by atomic mass is 10.2. The van der Waals surface area contributed by atoms with E-state index in [-0.39, 0.29) is 5.97 Å². The maximum atomic E-state index is 12.6. The second-order valence-corrected chi connectivity index (χ2v) is 7.02. The Hall–Kier alpha value is -2.44. The van der Waals surface area contributed by atoms with Crippen LogP contribution >= 0.6 is 22.9 Å². The minimum absolute atomic E-state index is 0.291. The molecule has 0 aliphatic carbocycles. The van der Waals surface area contributed by atoms with E-state index in [1.54, 1.807) is 42.7 Å². The number of hydrogen-bond acceptors (Lipinski definition) is 4. The van der Waals surface area contributed by atoms with Gasteiger partial charge < -0.3 is 9.30 Å². The van der Waals surface area contributed by atoms with Gasteiger partial charge in [0.1, 0.15) is 6.04 Å². The summed E-state index contributed by atoms with van der Waals surface area (Å²) in [5.74, 6) is -0.781. The predicted octanol–water partition coefficient (Wildman–Crippen LogP) is 4.22. The average Bonchev–Trinajstić information content (AvgIpc) is 2.99. The molecule has 134 valence electrons. The number of esters is 1. The first kappa shape index (κ1) is 18.4. The number of hydrogen-bond donors (Lipinski definition) is 0. The Morgan fingerprint density at radius 1 is 1.23 bits per heavy atom. The molecule has 0 N–H and O–H groups in total. The Morgan fingerprint density at radius 3 is 2.73 bits per heavy atom. The third kappa shape index (κ3) is 3.71. The number of benzene rings is 2. The molecule has 0 saturated heterocycles. The van der Waals surface area contributed by atoms with Crippen molar-refractivity contribution in [2.75, 3.05) is 6.61 Å². The average molecular weight is 389 g/mol. The SMILES string of the molecule is CCOC(=O)C(C)n1c(=NC(=O)c2cccc(Cl)c2)sc2ccccc21. The topological polar surface area (TPSA) is 60.7 Å². The molecule has 5 nitrogen and oxygen atoms in total. The summed E-state index contributed by atoms with van der Waals surface area (Å²) >= 11 is 7.31. The molecule has 1 unspecified atom stereocenters. The number of nitrogens with zero attached hydrogens (tertiary/aromatic N) is 2. The molecule has 1 atom stereocenters. The van der Waals surface area contributed by atoms with E-state index in [0.29, 0.717) is 22.0 Å². The Labute approximate surface area is 159 Å². The Bertz CT molecular complexity index is 1040. The van der Waals surface area contributed by atoms with Gasteiger partial charge in [0.05, 0.1) is 16.8 Å². The molecule has 0 spiro atoms. The molecule has 0 aliphatic rings. The molecular weight excluding hydrogens is 372 g/mol. The third-order valence-corrected chi connectivity index (χ3v) is 5.09. The van der Waals surface area contributed by atoms with Crippen LogP contribution in [-0.4, -0.2) is 23.1 Å². The molecule has 1 aromatic heterocycles. The lowest BCUT2D eigenvalue weighted by molar-refractivity contribution is -0.146. The third-order valence-electron chi connectivity index (χ3n) is 3.82. The lowest BCUT2D eigenvalue weighted by Crippen LogP contribution is -2.27. The van der Waals surface area contributed by atoms with Crippen molar-refractivity contribution in [3.8, 4) is 0 Å². The van der Waals surface area contributed by atoms with E-state index in [1.165, 1.54) is 11.3 Å². The molecule has 1 amide bonds. The number of para-hydroxylation sites is 1. The number of rotatable bonds is 4. The number of carbonyl (C=O) groups excluding carboxylic acids is 2. The minimum atomic E-state index is -0.600. The molecule has 0 bridgehead atoms. The monoisotopic (exact) mass is 388 g/mol.